The van der Waals surface area contributed by atoms with Crippen LogP contribution in [-0.4, -0.2) is 194 Å². The van der Waals surface area contributed by atoms with Crippen molar-refractivity contribution in [2.24, 2.45) is 5.92 Å². The molecule has 3 fully saturated rings. The summed E-state index contributed by atoms with van der Waals surface area (Å²) in [4.78, 5) is 103. The predicted molar refractivity (Wildman–Crippen MR) is 355 cm³/mol. The molecule has 1 aliphatic carbocycles. The van der Waals surface area contributed by atoms with E-state index in [1.165, 1.54) is 35.4 Å². The lowest BCUT2D eigenvalue weighted by Gasteiger charge is -2.36. The van der Waals surface area contributed by atoms with E-state index in [4.69, 9.17) is 38.4 Å². The number of rotatable bonds is 30. The highest BCUT2D eigenvalue weighted by atomic mass is 32.1. The molecule has 0 unspecified atom stereocenters. The third-order valence-electron chi connectivity index (χ3n) is 16.7. The number of carbonyl (C=O) groups excluding carboxylic acids is 6. The number of piperazine rings is 1. The van der Waals surface area contributed by atoms with Gasteiger partial charge >= 0.3 is 12.3 Å². The minimum absolute atomic E-state index is 0.0347. The number of nitrogens with zero attached hydrogens (tertiary/aromatic N) is 7. The quantitative estimate of drug-likeness (QED) is 0.0280. The summed E-state index contributed by atoms with van der Waals surface area (Å²) in [6.07, 6.45) is 0.769. The van der Waals surface area contributed by atoms with Crippen LogP contribution in [0, 0.1) is 5.92 Å². The summed E-state index contributed by atoms with van der Waals surface area (Å²) in [5.41, 5.74) is 1.23. The number of thiazole rings is 2. The second-order valence-corrected chi connectivity index (χ2v) is 26.6. The molecular weight excluding hydrogens is 1270 g/mol. The van der Waals surface area contributed by atoms with Gasteiger partial charge in [-0.15, -0.1) is 11.3 Å². The Kier molecular flexibility index (Phi) is 25.6. The molecule has 3 atom stereocenters. The lowest BCUT2D eigenvalue weighted by atomic mass is 9.83. The molecule has 5 heterocycles. The van der Waals surface area contributed by atoms with Crippen molar-refractivity contribution in [2.75, 3.05) is 116 Å². The first-order valence-corrected chi connectivity index (χ1v) is 34.0. The van der Waals surface area contributed by atoms with E-state index in [2.05, 4.69) is 32.8 Å². The zero-order chi connectivity index (χ0) is 67.7. The highest BCUT2D eigenvalue weighted by Crippen LogP contribution is 2.38. The van der Waals surface area contributed by atoms with Gasteiger partial charge in [0.25, 0.3) is 11.8 Å². The minimum Gasteiger partial charge on any atom is -0.491 e. The van der Waals surface area contributed by atoms with Crippen LogP contribution in [0.3, 0.4) is 0 Å². The standard InChI is InChI=1S/C68H85F3N10O12S2/c1-7-79-26-28-80(29-27-79)41-49-21-22-50(40-52(49)68(69,70)71)72-61(85)48-18-11-16-46(38-48)53-23-24-54-62(73-53)95-65(75-54)76-57(82)42-91-35-34-89-31-30-88-32-33-90-36-37-92-51-19-12-17-47(39-51)59(83)55-43-94-63(74-55)56-20-13-25-81(56)64(86)58(45-14-9-8-10-15-45)77-60(84)44(2)78(6)66(87)93-67(3,4)5/h11-12,16-19,21-24,38-40,43-45,56,58H,7-10,13-15,20,25-37,41-42H2,1-6H3,(H,72,85)(H,77,84)(H,75,76,82)/t44-,56-,58-/m0/s1. The molecule has 2 saturated heterocycles. The summed E-state index contributed by atoms with van der Waals surface area (Å²) in [7, 11) is 1.51. The fourth-order valence-electron chi connectivity index (χ4n) is 11.5. The maximum atomic E-state index is 14.5. The fourth-order valence-corrected chi connectivity index (χ4v) is 13.3. The second kappa shape index (κ2) is 33.9. The van der Waals surface area contributed by atoms with Crippen molar-refractivity contribution < 1.29 is 70.4 Å². The number of ketones is 1. The Hall–Kier alpha value is -7.50. The van der Waals surface area contributed by atoms with Crippen LogP contribution in [0.5, 0.6) is 5.75 Å². The highest BCUT2D eigenvalue weighted by molar-refractivity contribution is 7.22. The number of benzene rings is 3. The first-order chi connectivity index (χ1) is 45.6. The first-order valence-electron chi connectivity index (χ1n) is 32.4. The number of likely N-dealkylation sites (N-methyl/N-ethyl adjacent to an activating group) is 2. The van der Waals surface area contributed by atoms with Crippen LogP contribution in [0.4, 0.5) is 28.8 Å². The Balaban J connectivity index is 0.631. The monoisotopic (exact) mass is 1350 g/mol. The number of alkyl halides is 3. The Morgan fingerprint density at radius 3 is 2.12 bits per heavy atom. The van der Waals surface area contributed by atoms with Crippen LogP contribution in [0.1, 0.15) is 128 Å². The third kappa shape index (κ3) is 20.5. The van der Waals surface area contributed by atoms with Gasteiger partial charge in [-0.2, -0.15) is 13.2 Å². The van der Waals surface area contributed by atoms with Gasteiger partial charge in [0.15, 0.2) is 5.13 Å². The summed E-state index contributed by atoms with van der Waals surface area (Å²) in [6.45, 7) is 15.4. The molecule has 9 rings (SSSR count). The first kappa shape index (κ1) is 71.8. The lowest BCUT2D eigenvalue weighted by Crippen LogP contribution is -2.56. The summed E-state index contributed by atoms with van der Waals surface area (Å²) < 4.78 is 76.6. The van der Waals surface area contributed by atoms with Gasteiger partial charge in [0.2, 0.25) is 17.6 Å². The van der Waals surface area contributed by atoms with Gasteiger partial charge < -0.3 is 48.9 Å². The highest BCUT2D eigenvalue weighted by Gasteiger charge is 2.41. The largest absolute Gasteiger partial charge is 0.491 e. The van der Waals surface area contributed by atoms with Crippen molar-refractivity contribution in [1.82, 2.24) is 39.9 Å². The topological polar surface area (TPSA) is 246 Å². The molecule has 3 aliphatic rings. The van der Waals surface area contributed by atoms with E-state index in [9.17, 15) is 41.9 Å². The molecule has 6 aromatic rings. The Bertz CT molecular complexity index is 3590. The van der Waals surface area contributed by atoms with E-state index in [-0.39, 0.29) is 85.7 Å². The average molecular weight is 1360 g/mol. The lowest BCUT2D eigenvalue weighted by molar-refractivity contribution is -0.140. The van der Waals surface area contributed by atoms with Gasteiger partial charge in [0.05, 0.1) is 63.5 Å². The van der Waals surface area contributed by atoms with Crippen molar-refractivity contribution in [2.45, 2.75) is 116 Å². The predicted octanol–water partition coefficient (Wildman–Crippen LogP) is 10.5. The molecule has 0 spiro atoms. The van der Waals surface area contributed by atoms with Gasteiger partial charge in [-0.05, 0) is 120 Å². The molecule has 1 saturated carbocycles. The number of carbonyl (C=O) groups is 6. The average Bonchev–Trinajstić information content (AvgIpc) is 1.81. The van der Waals surface area contributed by atoms with Crippen LogP contribution in [0.25, 0.3) is 21.6 Å². The molecule has 5 amide bonds. The molecule has 0 radical (unpaired) electrons. The zero-order valence-corrected chi connectivity index (χ0v) is 56.3. The Labute approximate surface area is 559 Å². The molecule has 22 nitrogen and oxygen atoms in total. The van der Waals surface area contributed by atoms with E-state index in [1.54, 1.807) is 98.6 Å². The molecule has 27 heteroatoms. The van der Waals surface area contributed by atoms with Crippen LogP contribution < -0.4 is 20.7 Å². The summed E-state index contributed by atoms with van der Waals surface area (Å²) in [6, 6.07) is 18.9. The maximum absolute atomic E-state index is 14.5. The Morgan fingerprint density at radius 1 is 0.726 bits per heavy atom. The smallest absolute Gasteiger partial charge is 0.416 e. The molecule has 0 bridgehead atoms. The maximum Gasteiger partial charge on any atom is 0.416 e. The number of ether oxygens (including phenoxy) is 6. The van der Waals surface area contributed by atoms with Gasteiger partial charge in [-0.3, -0.25) is 39.1 Å². The van der Waals surface area contributed by atoms with Crippen molar-refractivity contribution in [3.8, 4) is 17.0 Å². The van der Waals surface area contributed by atoms with E-state index < -0.39 is 53.2 Å². The summed E-state index contributed by atoms with van der Waals surface area (Å²) in [5, 5.41) is 11.1. The van der Waals surface area contributed by atoms with Gasteiger partial charge in [0.1, 0.15) is 57.7 Å². The summed E-state index contributed by atoms with van der Waals surface area (Å²) in [5.74, 6) is -1.46. The van der Waals surface area contributed by atoms with E-state index in [0.717, 1.165) is 75.6 Å². The number of likely N-dealkylation sites (tertiary alicyclic amines) is 1. The number of fused-ring (bicyclic) bond motifs is 1. The molecule has 512 valence electrons. The van der Waals surface area contributed by atoms with Gasteiger partial charge in [0, 0.05) is 74.1 Å². The normalized spacial score (nSPS) is 16.5. The Morgan fingerprint density at radius 2 is 1.41 bits per heavy atom. The number of nitrogens with one attached hydrogen (secondary N) is 3. The van der Waals surface area contributed by atoms with E-state index in [0.29, 0.717) is 95.5 Å². The summed E-state index contributed by atoms with van der Waals surface area (Å²) >= 11 is 2.49. The number of hydrogen-bond donors (Lipinski definition) is 3. The molecule has 3 aromatic heterocycles. The van der Waals surface area contributed by atoms with Gasteiger partial charge in [-0.1, -0.05) is 67.9 Å². The van der Waals surface area contributed by atoms with E-state index >= 15 is 0 Å². The number of amides is 5. The molecule has 3 aromatic carbocycles. The minimum atomic E-state index is -4.60. The molecular formula is C68H85F3N10O12S2. The van der Waals surface area contributed by atoms with Crippen molar-refractivity contribution in [3.63, 3.8) is 0 Å². The van der Waals surface area contributed by atoms with Crippen LogP contribution in [0.15, 0.2) is 84.2 Å². The van der Waals surface area contributed by atoms with Crippen molar-refractivity contribution >= 4 is 79.3 Å². The van der Waals surface area contributed by atoms with Crippen LogP contribution >= 0.6 is 22.7 Å². The number of hydrogen-bond acceptors (Lipinski definition) is 19. The van der Waals surface area contributed by atoms with E-state index in [1.807, 2.05) is 4.90 Å². The zero-order valence-electron chi connectivity index (χ0n) is 54.6. The van der Waals surface area contributed by atoms with Crippen molar-refractivity contribution in [3.05, 3.63) is 117 Å². The molecule has 95 heavy (non-hydrogen) atoms. The number of halogens is 3. The second-order valence-electron chi connectivity index (χ2n) is 24.7. The van der Waals surface area contributed by atoms with Crippen LogP contribution in [0.2, 0.25) is 0 Å². The number of aromatic nitrogens is 3. The molecule has 2 aliphatic heterocycles. The van der Waals surface area contributed by atoms with Gasteiger partial charge in [-0.25, -0.2) is 19.7 Å². The number of anilines is 2. The fraction of sp³-hybridized carbons (Fsp3) is 0.515. The third-order valence-corrected chi connectivity index (χ3v) is 18.6. The SMILES string of the molecule is CCN1CCN(Cc2ccc(NC(=O)c3cccc(-c4ccc5nc(NC(=O)COCCOCCOCCOCCOc6cccc(C(=O)c7csc([C@@H]8CCCN8C(=O)[C@@H](NC(=O)[C@H](C)N(C)C(=O)OC(C)(C)C)C8CCCCC8)n7)c6)sc5n4)c3)cc2C(F)(F)F)CC1. The van der Waals surface area contributed by atoms with Crippen LogP contribution in [-0.2, 0) is 50.8 Å². The number of pyridine rings is 1. The van der Waals surface area contributed by atoms with Crippen molar-refractivity contribution in [1.29, 1.82) is 0 Å². The molecule has 3 N–H and O–H groups in total.